The Morgan fingerprint density at radius 1 is 1.14 bits per heavy atom. The molecule has 1 saturated carbocycles. The van der Waals surface area contributed by atoms with E-state index >= 15 is 0 Å². The molecule has 28 heavy (non-hydrogen) atoms. The minimum atomic E-state index is -0.466. The number of nitrogens with one attached hydrogen (secondary N) is 2. The van der Waals surface area contributed by atoms with Gasteiger partial charge in [-0.05, 0) is 43.4 Å². The summed E-state index contributed by atoms with van der Waals surface area (Å²) in [6.07, 6.45) is 2.29. The van der Waals surface area contributed by atoms with Gasteiger partial charge in [-0.2, -0.15) is 0 Å². The van der Waals surface area contributed by atoms with Gasteiger partial charge in [0.1, 0.15) is 0 Å². The summed E-state index contributed by atoms with van der Waals surface area (Å²) < 4.78 is 0. The van der Waals surface area contributed by atoms with E-state index in [-0.39, 0.29) is 18.2 Å². The molecule has 0 saturated heterocycles. The summed E-state index contributed by atoms with van der Waals surface area (Å²) >= 11 is 6.15. The Morgan fingerprint density at radius 2 is 1.79 bits per heavy atom. The zero-order chi connectivity index (χ0) is 20.1. The van der Waals surface area contributed by atoms with Gasteiger partial charge in [0.2, 0.25) is 5.91 Å². The molecule has 3 rings (SSSR count). The van der Waals surface area contributed by atoms with Crippen LogP contribution in [0.4, 0.5) is 0 Å². The van der Waals surface area contributed by atoms with Crippen LogP contribution in [0.3, 0.4) is 0 Å². The highest BCUT2D eigenvalue weighted by molar-refractivity contribution is 6.33. The van der Waals surface area contributed by atoms with Gasteiger partial charge in [-0.25, -0.2) is 0 Å². The normalized spacial score (nSPS) is 16.7. The van der Waals surface area contributed by atoms with Crippen LogP contribution in [-0.2, 0) is 4.79 Å². The number of hydrogen-bond donors (Lipinski definition) is 3. The highest BCUT2D eigenvalue weighted by atomic mass is 35.5. The van der Waals surface area contributed by atoms with Gasteiger partial charge in [0.15, 0.2) is 0 Å². The van der Waals surface area contributed by atoms with E-state index in [0.29, 0.717) is 23.0 Å². The summed E-state index contributed by atoms with van der Waals surface area (Å²) in [5, 5.41) is 6.42. The van der Waals surface area contributed by atoms with E-state index in [0.717, 1.165) is 18.4 Å². The molecule has 0 spiro atoms. The smallest absolute Gasteiger partial charge is 0.253 e. The largest absolute Gasteiger partial charge is 0.349 e. The number of benzene rings is 2. The predicted octanol–water partition coefficient (Wildman–Crippen LogP) is 3.44. The molecule has 1 fully saturated rings. The number of carbonyl (C=O) groups is 2. The van der Waals surface area contributed by atoms with Crippen LogP contribution in [0.1, 0.15) is 48.1 Å². The molecule has 2 aromatic rings. The first-order chi connectivity index (χ1) is 13.4. The Bertz CT molecular complexity index is 839. The monoisotopic (exact) mass is 399 g/mol. The first-order valence-corrected chi connectivity index (χ1v) is 9.92. The summed E-state index contributed by atoms with van der Waals surface area (Å²) in [5.74, 6) is -0.0152. The van der Waals surface area contributed by atoms with Crippen molar-refractivity contribution in [3.05, 3.63) is 70.7 Å². The van der Waals surface area contributed by atoms with E-state index in [1.807, 2.05) is 37.3 Å². The van der Waals surface area contributed by atoms with Crippen LogP contribution in [0.15, 0.2) is 54.6 Å². The second-order valence-corrected chi connectivity index (χ2v) is 7.97. The van der Waals surface area contributed by atoms with Crippen LogP contribution in [0.5, 0.6) is 0 Å². The van der Waals surface area contributed by atoms with Gasteiger partial charge in [0.05, 0.1) is 28.6 Å². The van der Waals surface area contributed by atoms with Crippen molar-refractivity contribution in [3.63, 3.8) is 0 Å². The van der Waals surface area contributed by atoms with Crippen molar-refractivity contribution < 1.29 is 9.59 Å². The molecule has 0 heterocycles. The Kier molecular flexibility index (Phi) is 6.37. The second-order valence-electron chi connectivity index (χ2n) is 7.56. The lowest BCUT2D eigenvalue weighted by molar-refractivity contribution is -0.123. The van der Waals surface area contributed by atoms with Crippen LogP contribution < -0.4 is 16.4 Å². The molecular formula is C22H26ClN3O2. The minimum absolute atomic E-state index is 0.127. The quantitative estimate of drug-likeness (QED) is 0.635. The topological polar surface area (TPSA) is 84.2 Å². The molecule has 1 aliphatic carbocycles. The van der Waals surface area contributed by atoms with Gasteiger partial charge in [-0.3, -0.25) is 9.59 Å². The molecule has 1 aliphatic rings. The predicted molar refractivity (Wildman–Crippen MR) is 111 cm³/mol. The number of halogens is 1. The molecule has 0 radical (unpaired) electrons. The van der Waals surface area contributed by atoms with Crippen LogP contribution in [0.2, 0.25) is 5.02 Å². The third-order valence-corrected chi connectivity index (χ3v) is 5.67. The maximum atomic E-state index is 12.8. The fraction of sp³-hybridized carbons (Fsp3) is 0.364. The molecule has 4 N–H and O–H groups in total. The molecule has 2 aromatic carbocycles. The Hall–Kier alpha value is -2.37. The average Bonchev–Trinajstić information content (AvgIpc) is 3.54. The van der Waals surface area contributed by atoms with Crippen molar-refractivity contribution in [1.29, 1.82) is 0 Å². The van der Waals surface area contributed by atoms with E-state index in [1.165, 1.54) is 0 Å². The van der Waals surface area contributed by atoms with Gasteiger partial charge in [0, 0.05) is 6.54 Å². The molecular weight excluding hydrogens is 374 g/mol. The van der Waals surface area contributed by atoms with Crippen molar-refractivity contribution in [2.24, 2.45) is 11.7 Å². The first-order valence-electron chi connectivity index (χ1n) is 9.54. The summed E-state index contributed by atoms with van der Waals surface area (Å²) in [6.45, 7) is 2.38. The van der Waals surface area contributed by atoms with Gasteiger partial charge in [-0.15, -0.1) is 0 Å². The Morgan fingerprint density at radius 3 is 2.39 bits per heavy atom. The second kappa shape index (κ2) is 8.76. The maximum absolute atomic E-state index is 12.8. The molecule has 148 valence electrons. The van der Waals surface area contributed by atoms with E-state index in [4.69, 9.17) is 17.3 Å². The van der Waals surface area contributed by atoms with E-state index in [2.05, 4.69) is 10.6 Å². The molecule has 2 atom stereocenters. The van der Waals surface area contributed by atoms with Crippen molar-refractivity contribution in [2.45, 2.75) is 37.8 Å². The van der Waals surface area contributed by atoms with Crippen LogP contribution in [0.25, 0.3) is 0 Å². The zero-order valence-electron chi connectivity index (χ0n) is 16.0. The van der Waals surface area contributed by atoms with Crippen molar-refractivity contribution in [2.75, 3.05) is 6.54 Å². The van der Waals surface area contributed by atoms with Crippen LogP contribution in [-0.4, -0.2) is 23.9 Å². The van der Waals surface area contributed by atoms with Crippen molar-refractivity contribution in [3.8, 4) is 0 Å². The van der Waals surface area contributed by atoms with Gasteiger partial charge >= 0.3 is 0 Å². The number of amides is 2. The van der Waals surface area contributed by atoms with E-state index < -0.39 is 11.6 Å². The number of rotatable bonds is 8. The summed E-state index contributed by atoms with van der Waals surface area (Å²) in [4.78, 5) is 25.5. The molecule has 2 unspecified atom stereocenters. The number of nitrogens with two attached hydrogens (primary N) is 1. The van der Waals surface area contributed by atoms with Crippen molar-refractivity contribution >= 4 is 23.4 Å². The van der Waals surface area contributed by atoms with E-state index in [1.54, 1.807) is 24.3 Å². The van der Waals surface area contributed by atoms with Gasteiger partial charge in [-0.1, -0.05) is 54.1 Å². The van der Waals surface area contributed by atoms with E-state index in [9.17, 15) is 9.59 Å². The molecule has 6 heteroatoms. The Labute approximate surface area is 170 Å². The van der Waals surface area contributed by atoms with Gasteiger partial charge in [0.25, 0.3) is 5.91 Å². The first kappa shape index (κ1) is 20.4. The lowest BCUT2D eigenvalue weighted by Crippen LogP contribution is -2.53. The van der Waals surface area contributed by atoms with Gasteiger partial charge < -0.3 is 16.4 Å². The fourth-order valence-corrected chi connectivity index (χ4v) is 3.64. The third-order valence-electron chi connectivity index (χ3n) is 5.34. The molecule has 2 amide bonds. The van der Waals surface area contributed by atoms with Crippen LogP contribution in [0, 0.1) is 5.92 Å². The van der Waals surface area contributed by atoms with Crippen LogP contribution >= 0.6 is 11.6 Å². The standard InChI is InChI=1S/C22H26ClN3O2/c1-22(14-24,16-11-12-16)26-20(27)13-19(15-7-3-2-4-8-15)25-21(28)17-9-5-6-10-18(17)23/h2-10,16,19H,11-14,24H2,1H3,(H,25,28)(H,26,27). The lowest BCUT2D eigenvalue weighted by atomic mass is 9.95. The zero-order valence-corrected chi connectivity index (χ0v) is 16.7. The molecule has 0 aromatic heterocycles. The molecule has 0 aliphatic heterocycles. The maximum Gasteiger partial charge on any atom is 0.253 e. The molecule has 5 nitrogen and oxygen atoms in total. The SMILES string of the molecule is CC(CN)(NC(=O)CC(NC(=O)c1ccccc1Cl)c1ccccc1)C1CC1. The fourth-order valence-electron chi connectivity index (χ4n) is 3.41. The number of carbonyl (C=O) groups excluding carboxylic acids is 2. The summed E-state index contributed by atoms with van der Waals surface area (Å²) in [7, 11) is 0. The average molecular weight is 400 g/mol. The number of hydrogen-bond acceptors (Lipinski definition) is 3. The summed E-state index contributed by atoms with van der Waals surface area (Å²) in [5.41, 5.74) is 6.76. The third kappa shape index (κ3) is 4.91. The Balaban J connectivity index is 1.75. The molecule has 0 bridgehead atoms. The van der Waals surface area contributed by atoms with Crippen molar-refractivity contribution in [1.82, 2.24) is 10.6 Å². The highest BCUT2D eigenvalue weighted by Gasteiger charge is 2.41. The highest BCUT2D eigenvalue weighted by Crippen LogP contribution is 2.39. The lowest BCUT2D eigenvalue weighted by Gasteiger charge is -2.30. The minimum Gasteiger partial charge on any atom is -0.349 e. The summed E-state index contributed by atoms with van der Waals surface area (Å²) in [6, 6.07) is 15.9.